The van der Waals surface area contributed by atoms with E-state index in [0.717, 1.165) is 22.7 Å². The minimum absolute atomic E-state index is 0.862. The Kier molecular flexibility index (Phi) is 3.55. The van der Waals surface area contributed by atoms with Gasteiger partial charge >= 0.3 is 0 Å². The summed E-state index contributed by atoms with van der Waals surface area (Å²) in [5.74, 6) is 0.862. The molecule has 0 unspecified atom stereocenters. The van der Waals surface area contributed by atoms with Gasteiger partial charge in [0, 0.05) is 5.71 Å². The number of rotatable bonds is 3. The highest BCUT2D eigenvalue weighted by Gasteiger charge is 1.98. The Balaban J connectivity index is 2.24. The molecule has 0 bridgehead atoms. The number of hydrogen-bond acceptors (Lipinski definition) is 2. The molecule has 0 aromatic heterocycles. The second-order valence-electron chi connectivity index (χ2n) is 3.76. The number of ether oxygens (including phenoxy) is 1. The van der Waals surface area contributed by atoms with Crippen molar-refractivity contribution in [1.29, 1.82) is 0 Å². The average Bonchev–Trinajstić information content (AvgIpc) is 2.40. The van der Waals surface area contributed by atoms with E-state index in [9.17, 15) is 0 Å². The third kappa shape index (κ3) is 2.94. The number of benzene rings is 2. The molecule has 17 heavy (non-hydrogen) atoms. The Morgan fingerprint density at radius 2 is 1.59 bits per heavy atom. The maximum absolute atomic E-state index is 5.13. The van der Waals surface area contributed by atoms with E-state index >= 15 is 0 Å². The van der Waals surface area contributed by atoms with E-state index in [1.807, 2.05) is 61.5 Å². The van der Waals surface area contributed by atoms with Crippen molar-refractivity contribution in [2.24, 2.45) is 4.99 Å². The topological polar surface area (TPSA) is 21.6 Å². The summed E-state index contributed by atoms with van der Waals surface area (Å²) in [6.45, 7) is 2.01. The van der Waals surface area contributed by atoms with E-state index in [1.165, 1.54) is 0 Å². The fourth-order valence-electron chi connectivity index (χ4n) is 1.59. The highest BCUT2D eigenvalue weighted by Crippen LogP contribution is 2.15. The minimum Gasteiger partial charge on any atom is -0.497 e. The molecule has 0 heterocycles. The molecule has 2 aromatic rings. The third-order valence-electron chi connectivity index (χ3n) is 2.56. The Morgan fingerprint density at radius 1 is 0.941 bits per heavy atom. The van der Waals surface area contributed by atoms with E-state index in [-0.39, 0.29) is 0 Å². The summed E-state index contributed by atoms with van der Waals surface area (Å²) in [7, 11) is 1.67. The van der Waals surface area contributed by atoms with Crippen LogP contribution in [-0.2, 0) is 0 Å². The smallest absolute Gasteiger partial charge is 0.118 e. The summed E-state index contributed by atoms with van der Waals surface area (Å²) in [4.78, 5) is 4.56. The van der Waals surface area contributed by atoms with Gasteiger partial charge in [0.1, 0.15) is 5.75 Å². The van der Waals surface area contributed by atoms with Gasteiger partial charge in [-0.05, 0) is 48.9 Å². The van der Waals surface area contributed by atoms with Crippen LogP contribution in [0.4, 0.5) is 5.69 Å². The molecule has 0 amide bonds. The van der Waals surface area contributed by atoms with Gasteiger partial charge in [-0.3, -0.25) is 4.99 Å². The van der Waals surface area contributed by atoms with E-state index < -0.39 is 0 Å². The number of aliphatic imine (C=N–C) groups is 1. The van der Waals surface area contributed by atoms with Crippen LogP contribution in [0, 0.1) is 0 Å². The largest absolute Gasteiger partial charge is 0.497 e. The fourth-order valence-corrected chi connectivity index (χ4v) is 1.59. The van der Waals surface area contributed by atoms with E-state index in [4.69, 9.17) is 4.74 Å². The molecule has 0 saturated heterocycles. The van der Waals surface area contributed by atoms with Gasteiger partial charge in [0.15, 0.2) is 0 Å². The lowest BCUT2D eigenvalue weighted by atomic mass is 10.1. The summed E-state index contributed by atoms with van der Waals surface area (Å²) in [5.41, 5.74) is 3.08. The SMILES string of the molecule is COc1ccc(C(C)=[15N]c2ccccc2)cc1. The highest BCUT2D eigenvalue weighted by molar-refractivity contribution is 6.00. The first-order valence-electron chi connectivity index (χ1n) is 5.54. The molecule has 2 heteroatoms. The summed E-state index contributed by atoms with van der Waals surface area (Å²) in [6.07, 6.45) is 0. The van der Waals surface area contributed by atoms with Crippen LogP contribution in [0.2, 0.25) is 0 Å². The zero-order valence-electron chi connectivity index (χ0n) is 10.1. The first-order chi connectivity index (χ1) is 8.29. The van der Waals surface area contributed by atoms with Crippen LogP contribution in [0.5, 0.6) is 5.75 Å². The van der Waals surface area contributed by atoms with Gasteiger partial charge in [0.05, 0.1) is 12.8 Å². The van der Waals surface area contributed by atoms with Crippen LogP contribution < -0.4 is 4.74 Å². The van der Waals surface area contributed by atoms with Crippen LogP contribution in [0.1, 0.15) is 12.5 Å². The van der Waals surface area contributed by atoms with E-state index in [0.29, 0.717) is 0 Å². The predicted molar refractivity (Wildman–Crippen MR) is 71.3 cm³/mol. The third-order valence-corrected chi connectivity index (χ3v) is 2.56. The quantitative estimate of drug-likeness (QED) is 0.575. The molecule has 0 fully saturated rings. The van der Waals surface area contributed by atoms with Crippen LogP contribution >= 0.6 is 0 Å². The Morgan fingerprint density at radius 3 is 2.18 bits per heavy atom. The molecule has 0 spiro atoms. The number of nitrogens with zero attached hydrogens (tertiary/aromatic N) is 1. The minimum atomic E-state index is 0.862. The zero-order chi connectivity index (χ0) is 12.1. The number of para-hydroxylation sites is 1. The maximum Gasteiger partial charge on any atom is 0.118 e. The molecule has 0 saturated carbocycles. The predicted octanol–water partition coefficient (Wildman–Crippen LogP) is 3.84. The second-order valence-corrected chi connectivity index (χ2v) is 3.76. The van der Waals surface area contributed by atoms with E-state index in [2.05, 4.69) is 4.99 Å². The van der Waals surface area contributed by atoms with Gasteiger partial charge in [-0.15, -0.1) is 0 Å². The molecule has 0 radical (unpaired) electrons. The summed E-state index contributed by atoms with van der Waals surface area (Å²) < 4.78 is 5.13. The lowest BCUT2D eigenvalue weighted by molar-refractivity contribution is 0.415. The monoisotopic (exact) mass is 226 g/mol. The Hall–Kier alpha value is -2.09. The highest BCUT2D eigenvalue weighted by atomic mass is 16.5. The molecule has 2 aromatic carbocycles. The van der Waals surface area contributed by atoms with Crippen molar-refractivity contribution in [2.45, 2.75) is 6.92 Å². The van der Waals surface area contributed by atoms with Gasteiger partial charge in [0.25, 0.3) is 0 Å². The van der Waals surface area contributed by atoms with Crippen molar-refractivity contribution in [1.82, 2.24) is 0 Å². The molecule has 0 aliphatic heterocycles. The van der Waals surface area contributed by atoms with Crippen molar-refractivity contribution >= 4 is 11.4 Å². The van der Waals surface area contributed by atoms with Crippen molar-refractivity contribution in [2.75, 3.05) is 7.11 Å². The Labute approximate surface area is 102 Å². The maximum atomic E-state index is 5.13. The first kappa shape index (κ1) is 11.4. The molecule has 86 valence electrons. The number of hydrogen-bond donors (Lipinski definition) is 0. The molecule has 2 rings (SSSR count). The molecule has 0 atom stereocenters. The second kappa shape index (κ2) is 5.30. The summed E-state index contributed by atoms with van der Waals surface area (Å²) in [5, 5.41) is 0. The molecular formula is C15H15NO. The molecule has 0 N–H and O–H groups in total. The summed E-state index contributed by atoms with van der Waals surface area (Å²) >= 11 is 0. The van der Waals surface area contributed by atoms with Gasteiger partial charge in [-0.25, -0.2) is 0 Å². The zero-order valence-corrected chi connectivity index (χ0v) is 10.1. The van der Waals surface area contributed by atoms with Gasteiger partial charge in [-0.1, -0.05) is 18.2 Å². The van der Waals surface area contributed by atoms with Crippen molar-refractivity contribution in [3.05, 3.63) is 60.2 Å². The van der Waals surface area contributed by atoms with Gasteiger partial charge in [0.2, 0.25) is 0 Å². The molecular weight excluding hydrogens is 211 g/mol. The van der Waals surface area contributed by atoms with Crippen molar-refractivity contribution in [3.8, 4) is 5.75 Å². The molecule has 0 aliphatic rings. The van der Waals surface area contributed by atoms with Gasteiger partial charge in [-0.2, -0.15) is 0 Å². The van der Waals surface area contributed by atoms with Crippen molar-refractivity contribution < 1.29 is 4.74 Å². The Bertz CT molecular complexity index is 500. The molecule has 0 aliphatic carbocycles. The van der Waals surface area contributed by atoms with Gasteiger partial charge < -0.3 is 4.74 Å². The van der Waals surface area contributed by atoms with Crippen LogP contribution in [-0.4, -0.2) is 12.8 Å². The van der Waals surface area contributed by atoms with Crippen molar-refractivity contribution in [3.63, 3.8) is 0 Å². The number of methoxy groups -OCH3 is 1. The van der Waals surface area contributed by atoms with E-state index in [1.54, 1.807) is 7.11 Å². The average molecular weight is 226 g/mol. The lowest BCUT2D eigenvalue weighted by Crippen LogP contribution is -1.93. The summed E-state index contributed by atoms with van der Waals surface area (Å²) in [6, 6.07) is 17.9. The standard InChI is InChI=1S/C15H15NO/c1-12(16-14-6-4-3-5-7-14)13-8-10-15(17-2)11-9-13/h3-11H,1-2H3/i16+1. The van der Waals surface area contributed by atoms with Crippen LogP contribution in [0.3, 0.4) is 0 Å². The fraction of sp³-hybridized carbons (Fsp3) is 0.133. The molecule has 2 nitrogen and oxygen atoms in total. The lowest BCUT2D eigenvalue weighted by Gasteiger charge is -2.03. The van der Waals surface area contributed by atoms with Crippen LogP contribution in [0.25, 0.3) is 0 Å². The normalized spacial score (nSPS) is 11.3. The first-order valence-corrected chi connectivity index (χ1v) is 5.54. The van der Waals surface area contributed by atoms with Crippen LogP contribution in [0.15, 0.2) is 59.6 Å².